The number of hydrogen-bond donors (Lipinski definition) is 2. The molecule has 0 fully saturated rings. The van der Waals surface area contributed by atoms with Crippen LogP contribution in [0, 0.1) is 0 Å². The van der Waals surface area contributed by atoms with Crippen molar-refractivity contribution in [1.29, 1.82) is 0 Å². The second-order valence-corrected chi connectivity index (χ2v) is 3.28. The lowest BCUT2D eigenvalue weighted by atomic mass is 10.1. The third kappa shape index (κ3) is 1.70. The fourth-order valence-electron chi connectivity index (χ4n) is 1.64. The quantitative estimate of drug-likeness (QED) is 0.758. The van der Waals surface area contributed by atoms with Crippen LogP contribution in [0.3, 0.4) is 0 Å². The van der Waals surface area contributed by atoms with E-state index in [0.29, 0.717) is 6.54 Å². The summed E-state index contributed by atoms with van der Waals surface area (Å²) in [5.74, 6) is 0. The maximum Gasteiger partial charge on any atom is 0.0486 e. The normalized spacial score (nSPS) is 10.4. The fraction of sp³-hybridized carbons (Fsp3) is 0.167. The first-order chi connectivity index (χ1) is 6.92. The zero-order chi connectivity index (χ0) is 9.80. The molecule has 2 heteroatoms. The molecule has 0 unspecified atom stereocenters. The molecule has 2 nitrogen and oxygen atoms in total. The standard InChI is InChI=1S/C12H14N2/c13-8-6-11-7-9-14-12(11)10-4-2-1-3-5-10/h1-5,7,9,14H,6,8,13H2. The topological polar surface area (TPSA) is 41.8 Å². The Kier molecular flexibility index (Phi) is 2.65. The van der Waals surface area contributed by atoms with Crippen molar-refractivity contribution >= 4 is 0 Å². The van der Waals surface area contributed by atoms with Gasteiger partial charge in [0.15, 0.2) is 0 Å². The second kappa shape index (κ2) is 4.11. The summed E-state index contributed by atoms with van der Waals surface area (Å²) in [5, 5.41) is 0. The summed E-state index contributed by atoms with van der Waals surface area (Å²) in [6.07, 6.45) is 2.89. The summed E-state index contributed by atoms with van der Waals surface area (Å²) in [6.45, 7) is 0.692. The number of nitrogens with two attached hydrogens (primary N) is 1. The number of hydrogen-bond acceptors (Lipinski definition) is 1. The Hall–Kier alpha value is -1.54. The van der Waals surface area contributed by atoms with Crippen LogP contribution in [0.5, 0.6) is 0 Å². The van der Waals surface area contributed by atoms with Gasteiger partial charge < -0.3 is 10.7 Å². The highest BCUT2D eigenvalue weighted by atomic mass is 14.7. The summed E-state index contributed by atoms with van der Waals surface area (Å²) >= 11 is 0. The Bertz CT molecular complexity index is 390. The van der Waals surface area contributed by atoms with Gasteiger partial charge in [0.2, 0.25) is 0 Å². The second-order valence-electron chi connectivity index (χ2n) is 3.28. The predicted octanol–water partition coefficient (Wildman–Crippen LogP) is 2.18. The minimum atomic E-state index is 0.692. The van der Waals surface area contributed by atoms with Gasteiger partial charge in [0.1, 0.15) is 0 Å². The van der Waals surface area contributed by atoms with Gasteiger partial charge in [0.25, 0.3) is 0 Å². The highest BCUT2D eigenvalue weighted by Crippen LogP contribution is 2.21. The zero-order valence-corrected chi connectivity index (χ0v) is 8.03. The number of nitrogens with one attached hydrogen (secondary N) is 1. The molecular weight excluding hydrogens is 172 g/mol. The minimum Gasteiger partial charge on any atom is -0.361 e. The maximum atomic E-state index is 5.55. The van der Waals surface area contributed by atoms with Gasteiger partial charge in [-0.1, -0.05) is 30.3 Å². The molecule has 72 valence electrons. The molecule has 0 atom stereocenters. The van der Waals surface area contributed by atoms with Crippen molar-refractivity contribution in [3.05, 3.63) is 48.2 Å². The molecule has 1 heterocycles. The predicted molar refractivity (Wildman–Crippen MR) is 59.0 cm³/mol. The number of aromatic amines is 1. The molecule has 0 bridgehead atoms. The summed E-state index contributed by atoms with van der Waals surface area (Å²) in [4.78, 5) is 3.25. The van der Waals surface area contributed by atoms with Gasteiger partial charge in [0.05, 0.1) is 0 Å². The number of benzene rings is 1. The van der Waals surface area contributed by atoms with E-state index in [0.717, 1.165) is 6.42 Å². The molecule has 0 spiro atoms. The molecule has 0 radical (unpaired) electrons. The molecule has 0 aliphatic carbocycles. The van der Waals surface area contributed by atoms with Crippen LogP contribution >= 0.6 is 0 Å². The van der Waals surface area contributed by atoms with E-state index in [2.05, 4.69) is 23.2 Å². The maximum absolute atomic E-state index is 5.55. The lowest BCUT2D eigenvalue weighted by Crippen LogP contribution is -2.02. The average Bonchev–Trinajstić information content (AvgIpc) is 2.68. The third-order valence-corrected chi connectivity index (χ3v) is 2.31. The van der Waals surface area contributed by atoms with Crippen LogP contribution < -0.4 is 5.73 Å². The Labute approximate surface area is 83.8 Å². The monoisotopic (exact) mass is 186 g/mol. The smallest absolute Gasteiger partial charge is 0.0486 e. The van der Waals surface area contributed by atoms with Crippen LogP contribution in [-0.4, -0.2) is 11.5 Å². The van der Waals surface area contributed by atoms with Crippen molar-refractivity contribution in [2.24, 2.45) is 5.73 Å². The third-order valence-electron chi connectivity index (χ3n) is 2.31. The van der Waals surface area contributed by atoms with Crippen molar-refractivity contribution in [3.8, 4) is 11.3 Å². The first-order valence-electron chi connectivity index (χ1n) is 4.83. The van der Waals surface area contributed by atoms with Crippen molar-refractivity contribution in [3.63, 3.8) is 0 Å². The van der Waals surface area contributed by atoms with E-state index >= 15 is 0 Å². The zero-order valence-electron chi connectivity index (χ0n) is 8.03. The van der Waals surface area contributed by atoms with Crippen LogP contribution in [0.25, 0.3) is 11.3 Å². The lowest BCUT2D eigenvalue weighted by Gasteiger charge is -2.02. The lowest BCUT2D eigenvalue weighted by molar-refractivity contribution is 0.972. The molecule has 0 amide bonds. The number of rotatable bonds is 3. The van der Waals surface area contributed by atoms with Crippen molar-refractivity contribution in [2.75, 3.05) is 6.54 Å². The van der Waals surface area contributed by atoms with Gasteiger partial charge in [-0.25, -0.2) is 0 Å². The van der Waals surface area contributed by atoms with Crippen molar-refractivity contribution in [1.82, 2.24) is 4.98 Å². The molecule has 2 aromatic rings. The van der Waals surface area contributed by atoms with Gasteiger partial charge >= 0.3 is 0 Å². The largest absolute Gasteiger partial charge is 0.361 e. The molecule has 2 rings (SSSR count). The van der Waals surface area contributed by atoms with Gasteiger partial charge in [-0.05, 0) is 30.2 Å². The van der Waals surface area contributed by atoms with Crippen LogP contribution in [0.2, 0.25) is 0 Å². The van der Waals surface area contributed by atoms with E-state index in [4.69, 9.17) is 5.73 Å². The molecule has 0 saturated carbocycles. The first kappa shape index (κ1) is 9.03. The summed E-state index contributed by atoms with van der Waals surface area (Å²) in [6, 6.07) is 12.4. The SMILES string of the molecule is NCCc1cc[nH]c1-c1ccccc1. The molecule has 1 aromatic carbocycles. The fourth-order valence-corrected chi connectivity index (χ4v) is 1.64. The minimum absolute atomic E-state index is 0.692. The molecule has 0 aliphatic heterocycles. The Morgan fingerprint density at radius 3 is 2.57 bits per heavy atom. The summed E-state index contributed by atoms with van der Waals surface area (Å²) in [5.41, 5.74) is 9.26. The van der Waals surface area contributed by atoms with Gasteiger partial charge in [-0.15, -0.1) is 0 Å². The Morgan fingerprint density at radius 2 is 1.86 bits per heavy atom. The van der Waals surface area contributed by atoms with Gasteiger partial charge in [0, 0.05) is 11.9 Å². The highest BCUT2D eigenvalue weighted by Gasteiger charge is 2.04. The Morgan fingerprint density at radius 1 is 1.07 bits per heavy atom. The molecule has 14 heavy (non-hydrogen) atoms. The average molecular weight is 186 g/mol. The molecular formula is C12H14N2. The van der Waals surface area contributed by atoms with E-state index < -0.39 is 0 Å². The van der Waals surface area contributed by atoms with Crippen LogP contribution in [0.15, 0.2) is 42.6 Å². The molecule has 0 aliphatic rings. The van der Waals surface area contributed by atoms with Crippen LogP contribution in [0.1, 0.15) is 5.56 Å². The summed E-state index contributed by atoms with van der Waals surface area (Å²) < 4.78 is 0. The van der Waals surface area contributed by atoms with Crippen LogP contribution in [0.4, 0.5) is 0 Å². The van der Waals surface area contributed by atoms with E-state index in [9.17, 15) is 0 Å². The van der Waals surface area contributed by atoms with E-state index in [-0.39, 0.29) is 0 Å². The molecule has 3 N–H and O–H groups in total. The van der Waals surface area contributed by atoms with Crippen molar-refractivity contribution < 1.29 is 0 Å². The van der Waals surface area contributed by atoms with E-state index in [1.54, 1.807) is 0 Å². The number of aromatic nitrogens is 1. The number of H-pyrrole nitrogens is 1. The molecule has 1 aromatic heterocycles. The molecule has 0 saturated heterocycles. The Balaban J connectivity index is 2.37. The first-order valence-corrected chi connectivity index (χ1v) is 4.83. The van der Waals surface area contributed by atoms with Crippen LogP contribution in [-0.2, 0) is 6.42 Å². The van der Waals surface area contributed by atoms with Gasteiger partial charge in [-0.2, -0.15) is 0 Å². The van der Waals surface area contributed by atoms with E-state index in [1.165, 1.54) is 16.8 Å². The van der Waals surface area contributed by atoms with Gasteiger partial charge in [-0.3, -0.25) is 0 Å². The highest BCUT2D eigenvalue weighted by molar-refractivity contribution is 5.63. The summed E-state index contributed by atoms with van der Waals surface area (Å²) in [7, 11) is 0. The van der Waals surface area contributed by atoms with Crippen molar-refractivity contribution in [2.45, 2.75) is 6.42 Å². The van der Waals surface area contributed by atoms with E-state index in [1.807, 2.05) is 24.4 Å².